The van der Waals surface area contributed by atoms with Gasteiger partial charge >= 0.3 is 5.97 Å². The van der Waals surface area contributed by atoms with Crippen LogP contribution in [0.25, 0.3) is 0 Å². The molecule has 7 atom stereocenters. The molecule has 4 aliphatic carbocycles. The van der Waals surface area contributed by atoms with Crippen molar-refractivity contribution in [2.45, 2.75) is 77.1 Å². The maximum absolute atomic E-state index is 12.6. The van der Waals surface area contributed by atoms with E-state index in [1.165, 1.54) is 26.2 Å². The molecule has 5 aliphatic rings. The third-order valence-electron chi connectivity index (χ3n) is 8.94. The first-order valence-electron chi connectivity index (χ1n) is 10.9. The summed E-state index contributed by atoms with van der Waals surface area (Å²) >= 11 is 0. The fraction of sp³-hybridized carbons (Fsp3) is 0.909. The number of carbonyl (C=O) groups is 2. The zero-order chi connectivity index (χ0) is 18.8. The van der Waals surface area contributed by atoms with Crippen molar-refractivity contribution in [1.82, 2.24) is 0 Å². The molecule has 5 fully saturated rings. The van der Waals surface area contributed by atoms with E-state index in [0.29, 0.717) is 36.0 Å². The smallest absolute Gasteiger partial charge is 0.303 e. The highest BCUT2D eigenvalue weighted by Gasteiger charge is 2.66. The maximum Gasteiger partial charge on any atom is 0.303 e. The first-order valence-corrected chi connectivity index (χ1v) is 10.9. The molecular weight excluding hydrogens is 344 g/mol. The van der Waals surface area contributed by atoms with Crippen LogP contribution < -0.4 is 0 Å². The largest absolute Gasteiger partial charge is 0.455 e. The molecule has 0 unspecified atom stereocenters. The SMILES string of the molecule is CC(=O)O[C@@H]1C[C@@H]2CC[C@@H]3[C@H](CC[C@@]4(C)[C@@H]3CCC43OCCO3)[C@H]2CC1=O. The Balaban J connectivity index is 1.35. The molecule has 4 saturated carbocycles. The molecule has 1 spiro atoms. The molecule has 0 aromatic heterocycles. The third kappa shape index (κ3) is 2.57. The topological polar surface area (TPSA) is 61.8 Å². The maximum atomic E-state index is 12.6. The van der Waals surface area contributed by atoms with E-state index in [4.69, 9.17) is 14.2 Å². The second kappa shape index (κ2) is 6.28. The molecule has 5 heteroatoms. The minimum absolute atomic E-state index is 0.121. The summed E-state index contributed by atoms with van der Waals surface area (Å²) in [5.74, 6) is 2.46. The molecule has 0 bridgehead atoms. The summed E-state index contributed by atoms with van der Waals surface area (Å²) in [5, 5.41) is 0. The minimum Gasteiger partial charge on any atom is -0.455 e. The number of hydrogen-bond donors (Lipinski definition) is 0. The Kier molecular flexibility index (Phi) is 4.21. The lowest BCUT2D eigenvalue weighted by molar-refractivity contribution is -0.243. The van der Waals surface area contributed by atoms with Gasteiger partial charge in [0.15, 0.2) is 17.7 Å². The Labute approximate surface area is 161 Å². The van der Waals surface area contributed by atoms with Gasteiger partial charge in [-0.3, -0.25) is 9.59 Å². The van der Waals surface area contributed by atoms with Crippen molar-refractivity contribution < 1.29 is 23.8 Å². The van der Waals surface area contributed by atoms with Gasteiger partial charge in [-0.05, 0) is 68.1 Å². The van der Waals surface area contributed by atoms with Crippen LogP contribution in [0.5, 0.6) is 0 Å². The number of carbonyl (C=O) groups excluding carboxylic acids is 2. The first-order chi connectivity index (χ1) is 12.9. The minimum atomic E-state index is -0.496. The number of ether oxygens (including phenoxy) is 3. The van der Waals surface area contributed by atoms with Gasteiger partial charge in [0.2, 0.25) is 0 Å². The number of ketones is 1. The molecule has 5 rings (SSSR count). The summed E-state index contributed by atoms with van der Waals surface area (Å²) in [5.41, 5.74) is 0.121. The monoisotopic (exact) mass is 376 g/mol. The Hall–Kier alpha value is -0.940. The average molecular weight is 376 g/mol. The average Bonchev–Trinajstić information content (AvgIpc) is 3.22. The van der Waals surface area contributed by atoms with Crippen molar-refractivity contribution in [1.29, 1.82) is 0 Å². The molecule has 1 aliphatic heterocycles. The molecule has 150 valence electrons. The van der Waals surface area contributed by atoms with Gasteiger partial charge in [-0.1, -0.05) is 6.92 Å². The fourth-order valence-corrected chi connectivity index (χ4v) is 7.81. The van der Waals surface area contributed by atoms with Crippen LogP contribution in [0.15, 0.2) is 0 Å². The van der Waals surface area contributed by atoms with Gasteiger partial charge in [-0.25, -0.2) is 0 Å². The zero-order valence-electron chi connectivity index (χ0n) is 16.6. The summed E-state index contributed by atoms with van der Waals surface area (Å²) in [7, 11) is 0. The normalized spacial score (nSPS) is 48.0. The Bertz CT molecular complexity index is 639. The molecule has 27 heavy (non-hydrogen) atoms. The molecule has 0 amide bonds. The summed E-state index contributed by atoms with van der Waals surface area (Å²) in [6.07, 6.45) is 7.79. The van der Waals surface area contributed by atoms with E-state index in [1.54, 1.807) is 0 Å². The molecule has 0 aromatic carbocycles. The van der Waals surface area contributed by atoms with Gasteiger partial charge < -0.3 is 14.2 Å². The van der Waals surface area contributed by atoms with E-state index in [1.807, 2.05) is 0 Å². The lowest BCUT2D eigenvalue weighted by atomic mass is 9.50. The summed E-state index contributed by atoms with van der Waals surface area (Å²) in [4.78, 5) is 24.0. The number of Topliss-reactive ketones (excluding diaryl/α,β-unsaturated/α-hetero) is 1. The van der Waals surface area contributed by atoms with Crippen molar-refractivity contribution in [3.8, 4) is 0 Å². The summed E-state index contributed by atoms with van der Waals surface area (Å²) < 4.78 is 17.7. The Morgan fingerprint density at radius 2 is 1.81 bits per heavy atom. The number of hydrogen-bond acceptors (Lipinski definition) is 5. The van der Waals surface area contributed by atoms with Crippen LogP contribution in [0.1, 0.15) is 65.2 Å². The molecular formula is C22H32O5. The van der Waals surface area contributed by atoms with Crippen molar-refractivity contribution >= 4 is 11.8 Å². The van der Waals surface area contributed by atoms with Gasteiger partial charge in [0.25, 0.3) is 0 Å². The second-order valence-electron chi connectivity index (χ2n) is 9.88. The lowest BCUT2D eigenvalue weighted by Gasteiger charge is -2.56. The second-order valence-corrected chi connectivity index (χ2v) is 9.88. The quantitative estimate of drug-likeness (QED) is 0.656. The number of fused-ring (bicyclic) bond motifs is 6. The first kappa shape index (κ1) is 18.1. The van der Waals surface area contributed by atoms with Gasteiger partial charge in [-0.15, -0.1) is 0 Å². The molecule has 1 saturated heterocycles. The van der Waals surface area contributed by atoms with Crippen molar-refractivity contribution in [3.63, 3.8) is 0 Å². The molecule has 0 radical (unpaired) electrons. The highest BCUT2D eigenvalue weighted by molar-refractivity contribution is 5.86. The van der Waals surface area contributed by atoms with E-state index in [0.717, 1.165) is 38.9 Å². The van der Waals surface area contributed by atoms with Crippen LogP contribution in [0.2, 0.25) is 0 Å². The molecule has 0 N–H and O–H groups in total. The van der Waals surface area contributed by atoms with Crippen molar-refractivity contribution in [2.24, 2.45) is 35.0 Å². The van der Waals surface area contributed by atoms with E-state index in [9.17, 15) is 9.59 Å². The third-order valence-corrected chi connectivity index (χ3v) is 8.94. The predicted octanol–water partition coefficient (Wildman–Crippen LogP) is 3.49. The van der Waals surface area contributed by atoms with E-state index in [-0.39, 0.29) is 23.0 Å². The van der Waals surface area contributed by atoms with E-state index >= 15 is 0 Å². The molecule has 1 heterocycles. The van der Waals surface area contributed by atoms with Crippen LogP contribution in [0.3, 0.4) is 0 Å². The van der Waals surface area contributed by atoms with Crippen LogP contribution in [-0.2, 0) is 23.8 Å². The summed E-state index contributed by atoms with van der Waals surface area (Å²) in [6, 6.07) is 0. The highest BCUT2D eigenvalue weighted by Crippen LogP contribution is 2.66. The summed E-state index contributed by atoms with van der Waals surface area (Å²) in [6.45, 7) is 5.27. The molecule has 5 nitrogen and oxygen atoms in total. The fourth-order valence-electron chi connectivity index (χ4n) is 7.81. The number of rotatable bonds is 1. The van der Waals surface area contributed by atoms with E-state index in [2.05, 4.69) is 6.92 Å². The Morgan fingerprint density at radius 3 is 2.56 bits per heavy atom. The standard InChI is InChI=1S/C22H32O5/c1-13(23)27-20-11-14-3-4-16-15(17(14)12-19(20)24)5-7-21(2)18(16)6-8-22(21)25-9-10-26-22/h14-18,20H,3-12H2,1-2H3/t14-,15-,16+,17-,18+,20+,21-/m0/s1. The molecule has 0 aromatic rings. The Morgan fingerprint density at radius 1 is 1.04 bits per heavy atom. The lowest BCUT2D eigenvalue weighted by Crippen LogP contribution is -2.55. The van der Waals surface area contributed by atoms with Crippen LogP contribution >= 0.6 is 0 Å². The van der Waals surface area contributed by atoms with Gasteiger partial charge in [0, 0.05) is 25.2 Å². The van der Waals surface area contributed by atoms with Gasteiger partial charge in [0.05, 0.1) is 13.2 Å². The predicted molar refractivity (Wildman–Crippen MR) is 97.7 cm³/mol. The van der Waals surface area contributed by atoms with Crippen molar-refractivity contribution in [2.75, 3.05) is 13.2 Å². The van der Waals surface area contributed by atoms with Crippen LogP contribution in [0.4, 0.5) is 0 Å². The van der Waals surface area contributed by atoms with Gasteiger partial charge in [0.1, 0.15) is 0 Å². The van der Waals surface area contributed by atoms with Gasteiger partial charge in [-0.2, -0.15) is 0 Å². The van der Waals surface area contributed by atoms with Crippen LogP contribution in [0, 0.1) is 35.0 Å². The number of esters is 1. The zero-order valence-corrected chi connectivity index (χ0v) is 16.6. The highest BCUT2D eigenvalue weighted by atomic mass is 16.7. The van der Waals surface area contributed by atoms with Crippen LogP contribution in [-0.4, -0.2) is 36.9 Å². The van der Waals surface area contributed by atoms with E-state index < -0.39 is 6.10 Å². The van der Waals surface area contributed by atoms with Crippen molar-refractivity contribution in [3.05, 3.63) is 0 Å².